The van der Waals surface area contributed by atoms with Gasteiger partial charge in [-0.15, -0.1) is 0 Å². The summed E-state index contributed by atoms with van der Waals surface area (Å²) >= 11 is 0. The van der Waals surface area contributed by atoms with E-state index in [0.29, 0.717) is 12.6 Å². The number of benzene rings is 1. The van der Waals surface area contributed by atoms with Gasteiger partial charge in [0.15, 0.2) is 0 Å². The molecule has 1 saturated heterocycles. The van der Waals surface area contributed by atoms with Crippen LogP contribution in [0.1, 0.15) is 32.6 Å². The van der Waals surface area contributed by atoms with Crippen molar-refractivity contribution in [1.82, 2.24) is 4.90 Å². The summed E-state index contributed by atoms with van der Waals surface area (Å²) in [4.78, 5) is 13.6. The van der Waals surface area contributed by atoms with Gasteiger partial charge < -0.3 is 15.0 Å². The van der Waals surface area contributed by atoms with Gasteiger partial charge in [0.25, 0.3) is 0 Å². The second-order valence-electron chi connectivity index (χ2n) is 5.24. The standard InChI is InChI=1S/C16H24N2O2/c1-2-3-13-20-16(19)18-11-9-15(10-12-18)17-14-7-5-4-6-8-14/h4-8,15,17H,2-3,9-13H2,1H3. The van der Waals surface area contributed by atoms with Gasteiger partial charge in [0.1, 0.15) is 0 Å². The molecule has 0 radical (unpaired) electrons. The normalized spacial score (nSPS) is 15.9. The molecule has 0 atom stereocenters. The molecule has 0 aliphatic carbocycles. The van der Waals surface area contributed by atoms with Crippen LogP contribution in [0, 0.1) is 0 Å². The lowest BCUT2D eigenvalue weighted by Gasteiger charge is -2.32. The third-order valence-electron chi connectivity index (χ3n) is 3.62. The maximum absolute atomic E-state index is 11.8. The number of para-hydroxylation sites is 1. The fourth-order valence-electron chi connectivity index (χ4n) is 2.37. The van der Waals surface area contributed by atoms with Gasteiger partial charge in [0.2, 0.25) is 0 Å². The Kier molecular flexibility index (Phi) is 5.71. The molecule has 4 heteroatoms. The van der Waals surface area contributed by atoms with Crippen LogP contribution in [0.3, 0.4) is 0 Å². The van der Waals surface area contributed by atoms with Crippen LogP contribution in [0.25, 0.3) is 0 Å². The average molecular weight is 276 g/mol. The van der Waals surface area contributed by atoms with Gasteiger partial charge in [-0.3, -0.25) is 0 Å². The summed E-state index contributed by atoms with van der Waals surface area (Å²) in [6.07, 6.45) is 3.78. The maximum atomic E-state index is 11.8. The number of nitrogens with zero attached hydrogens (tertiary/aromatic N) is 1. The molecule has 1 N–H and O–H groups in total. The Hall–Kier alpha value is -1.71. The first kappa shape index (κ1) is 14.7. The van der Waals surface area contributed by atoms with Gasteiger partial charge in [-0.05, 0) is 31.4 Å². The molecule has 1 aliphatic rings. The molecule has 110 valence electrons. The van der Waals surface area contributed by atoms with E-state index < -0.39 is 0 Å². The second-order valence-corrected chi connectivity index (χ2v) is 5.24. The van der Waals surface area contributed by atoms with Gasteiger partial charge in [-0.2, -0.15) is 0 Å². The van der Waals surface area contributed by atoms with E-state index in [-0.39, 0.29) is 6.09 Å². The number of carbonyl (C=O) groups excluding carboxylic acids is 1. The molecular formula is C16H24N2O2. The first-order valence-electron chi connectivity index (χ1n) is 7.53. The van der Waals surface area contributed by atoms with E-state index in [1.165, 1.54) is 0 Å². The number of hydrogen-bond acceptors (Lipinski definition) is 3. The topological polar surface area (TPSA) is 41.6 Å². The fraction of sp³-hybridized carbons (Fsp3) is 0.562. The summed E-state index contributed by atoms with van der Waals surface area (Å²) in [5.41, 5.74) is 1.15. The van der Waals surface area contributed by atoms with E-state index in [2.05, 4.69) is 24.4 Å². The minimum Gasteiger partial charge on any atom is -0.449 e. The lowest BCUT2D eigenvalue weighted by Crippen LogP contribution is -2.42. The van der Waals surface area contributed by atoms with Crippen LogP contribution < -0.4 is 5.32 Å². The van der Waals surface area contributed by atoms with Crippen molar-refractivity contribution in [3.63, 3.8) is 0 Å². The Balaban J connectivity index is 1.71. The molecule has 0 spiro atoms. The molecule has 1 fully saturated rings. The van der Waals surface area contributed by atoms with Crippen molar-refractivity contribution in [1.29, 1.82) is 0 Å². The number of carbonyl (C=O) groups is 1. The van der Waals surface area contributed by atoms with Gasteiger partial charge in [-0.1, -0.05) is 31.5 Å². The van der Waals surface area contributed by atoms with E-state index in [4.69, 9.17) is 4.74 Å². The molecule has 2 rings (SSSR count). The van der Waals surface area contributed by atoms with Gasteiger partial charge in [-0.25, -0.2) is 4.79 Å². The Labute approximate surface area is 121 Å². The highest BCUT2D eigenvalue weighted by Gasteiger charge is 2.23. The van der Waals surface area contributed by atoms with Gasteiger partial charge in [0, 0.05) is 24.8 Å². The van der Waals surface area contributed by atoms with Crippen molar-refractivity contribution in [2.45, 2.75) is 38.6 Å². The van der Waals surface area contributed by atoms with Crippen LogP contribution in [0.2, 0.25) is 0 Å². The lowest BCUT2D eigenvalue weighted by molar-refractivity contribution is 0.0928. The quantitative estimate of drug-likeness (QED) is 0.837. The third kappa shape index (κ3) is 4.44. The number of nitrogens with one attached hydrogen (secondary N) is 1. The smallest absolute Gasteiger partial charge is 0.409 e. The Morgan fingerprint density at radius 2 is 2.00 bits per heavy atom. The molecule has 1 amide bonds. The Bertz CT molecular complexity index is 400. The van der Waals surface area contributed by atoms with Crippen LogP contribution in [-0.2, 0) is 4.74 Å². The number of hydrogen-bond donors (Lipinski definition) is 1. The van der Waals surface area contributed by atoms with Crippen LogP contribution in [0.4, 0.5) is 10.5 Å². The van der Waals surface area contributed by atoms with Crippen LogP contribution >= 0.6 is 0 Å². The monoisotopic (exact) mass is 276 g/mol. The zero-order valence-corrected chi connectivity index (χ0v) is 12.2. The summed E-state index contributed by atoms with van der Waals surface area (Å²) in [6.45, 7) is 4.18. The maximum Gasteiger partial charge on any atom is 0.409 e. The molecule has 0 saturated carbocycles. The molecular weight excluding hydrogens is 252 g/mol. The minimum absolute atomic E-state index is 0.156. The first-order valence-corrected chi connectivity index (χ1v) is 7.53. The zero-order valence-electron chi connectivity index (χ0n) is 12.2. The van der Waals surface area contributed by atoms with Gasteiger partial charge in [0.05, 0.1) is 6.61 Å². The highest BCUT2D eigenvalue weighted by atomic mass is 16.6. The number of unbranched alkanes of at least 4 members (excludes halogenated alkanes) is 1. The highest BCUT2D eigenvalue weighted by molar-refractivity contribution is 5.67. The van der Waals surface area contributed by atoms with Crippen molar-refractivity contribution >= 4 is 11.8 Å². The summed E-state index contributed by atoms with van der Waals surface area (Å²) in [5, 5.41) is 3.51. The van der Waals surface area contributed by atoms with Gasteiger partial charge >= 0.3 is 6.09 Å². The third-order valence-corrected chi connectivity index (χ3v) is 3.62. The van der Waals surface area contributed by atoms with Crippen molar-refractivity contribution in [3.8, 4) is 0 Å². The fourth-order valence-corrected chi connectivity index (χ4v) is 2.37. The molecule has 1 aromatic carbocycles. The number of ether oxygens (including phenoxy) is 1. The summed E-state index contributed by atoms with van der Waals surface area (Å²) in [5.74, 6) is 0. The predicted octanol–water partition coefficient (Wildman–Crippen LogP) is 3.50. The van der Waals surface area contributed by atoms with E-state index >= 15 is 0 Å². The SMILES string of the molecule is CCCCOC(=O)N1CCC(Nc2ccccc2)CC1. The van der Waals surface area contributed by atoms with E-state index in [1.807, 2.05) is 23.1 Å². The summed E-state index contributed by atoms with van der Waals surface area (Å²) < 4.78 is 5.24. The molecule has 0 unspecified atom stereocenters. The Morgan fingerprint density at radius 3 is 2.65 bits per heavy atom. The molecule has 4 nitrogen and oxygen atoms in total. The number of anilines is 1. The molecule has 0 aromatic heterocycles. The minimum atomic E-state index is -0.156. The van der Waals surface area contributed by atoms with Crippen molar-refractivity contribution in [2.24, 2.45) is 0 Å². The van der Waals surface area contributed by atoms with E-state index in [0.717, 1.165) is 44.5 Å². The zero-order chi connectivity index (χ0) is 14.2. The van der Waals surface area contributed by atoms with Crippen molar-refractivity contribution in [2.75, 3.05) is 25.0 Å². The molecule has 1 aromatic rings. The highest BCUT2D eigenvalue weighted by Crippen LogP contribution is 2.16. The van der Waals surface area contributed by atoms with Crippen LogP contribution in [0.15, 0.2) is 30.3 Å². The molecule has 1 heterocycles. The predicted molar refractivity (Wildman–Crippen MR) is 80.9 cm³/mol. The number of likely N-dealkylation sites (tertiary alicyclic amines) is 1. The second kappa shape index (κ2) is 7.78. The Morgan fingerprint density at radius 1 is 1.30 bits per heavy atom. The molecule has 0 bridgehead atoms. The lowest BCUT2D eigenvalue weighted by atomic mass is 10.1. The van der Waals surface area contributed by atoms with E-state index in [9.17, 15) is 4.79 Å². The molecule has 20 heavy (non-hydrogen) atoms. The number of rotatable bonds is 5. The number of piperidine rings is 1. The van der Waals surface area contributed by atoms with E-state index in [1.54, 1.807) is 0 Å². The summed E-state index contributed by atoms with van der Waals surface area (Å²) in [7, 11) is 0. The van der Waals surface area contributed by atoms with Crippen molar-refractivity contribution in [3.05, 3.63) is 30.3 Å². The van der Waals surface area contributed by atoms with Crippen LogP contribution in [-0.4, -0.2) is 36.7 Å². The van der Waals surface area contributed by atoms with Crippen molar-refractivity contribution < 1.29 is 9.53 Å². The molecule has 1 aliphatic heterocycles. The average Bonchev–Trinajstić information content (AvgIpc) is 2.49. The number of amides is 1. The largest absolute Gasteiger partial charge is 0.449 e. The van der Waals surface area contributed by atoms with Crippen LogP contribution in [0.5, 0.6) is 0 Å². The summed E-state index contributed by atoms with van der Waals surface area (Å²) in [6, 6.07) is 10.7. The first-order chi connectivity index (χ1) is 9.79.